The maximum Gasteiger partial charge on any atom is 0.472 e. The highest BCUT2D eigenvalue weighted by molar-refractivity contribution is 7.47. The molecule has 7 nitrogen and oxygen atoms in total. The Morgan fingerprint density at radius 2 is 1.84 bits per heavy atom. The fraction of sp³-hybridized carbons (Fsp3) is 0.909. The number of carbonyl (C=O) groups is 1. The van der Waals surface area contributed by atoms with Gasteiger partial charge in [0.05, 0.1) is 19.8 Å². The van der Waals surface area contributed by atoms with E-state index in [1.54, 1.807) is 0 Å². The first-order valence-corrected chi connectivity index (χ1v) is 7.99. The first kappa shape index (κ1) is 18.5. The minimum atomic E-state index is -4.02. The van der Waals surface area contributed by atoms with E-state index >= 15 is 0 Å². The number of phosphoric ester groups is 1. The Morgan fingerprint density at radius 1 is 1.16 bits per heavy atom. The molecular weight excluding hydrogens is 273 g/mol. The molecule has 0 aromatic carbocycles. The highest BCUT2D eigenvalue weighted by Crippen LogP contribution is 2.42. The summed E-state index contributed by atoms with van der Waals surface area (Å²) in [4.78, 5) is 20.4. The molecule has 8 heteroatoms. The molecule has 3 N–H and O–H groups in total. The monoisotopic (exact) mass is 297 g/mol. The second kappa shape index (κ2) is 11.4. The highest BCUT2D eigenvalue weighted by Gasteiger charge is 2.19. The van der Waals surface area contributed by atoms with Crippen molar-refractivity contribution in [2.24, 2.45) is 5.73 Å². The van der Waals surface area contributed by atoms with Gasteiger partial charge in [-0.05, 0) is 6.42 Å². The first-order valence-electron chi connectivity index (χ1n) is 6.49. The standard InChI is InChI=1S/C11H24NO6P/c1-2-3-4-6-11(13)16-8-5-9-17-19(14,15)18-10-7-12/h2-10,12H2,1H3,(H,14,15). The predicted octanol–water partition coefficient (Wildman–Crippen LogP) is 1.59. The summed E-state index contributed by atoms with van der Waals surface area (Å²) in [6, 6.07) is 0. The van der Waals surface area contributed by atoms with Gasteiger partial charge in [0.1, 0.15) is 0 Å². The van der Waals surface area contributed by atoms with Crippen LogP contribution in [0.1, 0.15) is 39.0 Å². The fourth-order valence-corrected chi connectivity index (χ4v) is 1.99. The number of hydrogen-bond donors (Lipinski definition) is 2. The molecule has 0 saturated heterocycles. The van der Waals surface area contributed by atoms with Gasteiger partial charge in [0.2, 0.25) is 0 Å². The number of rotatable bonds is 12. The van der Waals surface area contributed by atoms with Crippen LogP contribution in [-0.4, -0.2) is 37.2 Å². The van der Waals surface area contributed by atoms with Gasteiger partial charge in [-0.15, -0.1) is 0 Å². The zero-order chi connectivity index (χ0) is 14.6. The molecule has 1 atom stereocenters. The summed E-state index contributed by atoms with van der Waals surface area (Å²) in [7, 11) is -4.02. The molecule has 19 heavy (non-hydrogen) atoms. The Hall–Kier alpha value is -0.460. The van der Waals surface area contributed by atoms with Gasteiger partial charge in [0.15, 0.2) is 0 Å². The van der Waals surface area contributed by atoms with Crippen molar-refractivity contribution in [1.82, 2.24) is 0 Å². The fourth-order valence-electron chi connectivity index (χ4n) is 1.22. The third-order valence-electron chi connectivity index (χ3n) is 2.16. The predicted molar refractivity (Wildman–Crippen MR) is 70.5 cm³/mol. The molecule has 0 aromatic heterocycles. The van der Waals surface area contributed by atoms with Gasteiger partial charge >= 0.3 is 13.8 Å². The quantitative estimate of drug-likeness (QED) is 0.320. The number of esters is 1. The molecular formula is C11H24NO6P. The van der Waals surface area contributed by atoms with Crippen molar-refractivity contribution < 1.29 is 28.0 Å². The third kappa shape index (κ3) is 12.3. The lowest BCUT2D eigenvalue weighted by molar-refractivity contribution is -0.144. The van der Waals surface area contributed by atoms with Gasteiger partial charge in [-0.1, -0.05) is 19.8 Å². The summed E-state index contributed by atoms with van der Waals surface area (Å²) in [6.07, 6.45) is 3.63. The third-order valence-corrected chi connectivity index (χ3v) is 3.18. The van der Waals surface area contributed by atoms with E-state index in [1.807, 2.05) is 0 Å². The number of carbonyl (C=O) groups excluding carboxylic acids is 1. The number of phosphoric acid groups is 1. The second-order valence-corrected chi connectivity index (χ2v) is 5.41. The molecule has 0 aromatic rings. The molecule has 1 unspecified atom stereocenters. The van der Waals surface area contributed by atoms with Gasteiger partial charge in [0.25, 0.3) is 0 Å². The average molecular weight is 297 g/mol. The van der Waals surface area contributed by atoms with Crippen LogP contribution in [0.3, 0.4) is 0 Å². The van der Waals surface area contributed by atoms with Gasteiger partial charge in [-0.3, -0.25) is 13.8 Å². The zero-order valence-electron chi connectivity index (χ0n) is 11.4. The van der Waals surface area contributed by atoms with Crippen LogP contribution in [0.25, 0.3) is 0 Å². The molecule has 0 aliphatic heterocycles. The van der Waals surface area contributed by atoms with Crippen LogP contribution in [0.4, 0.5) is 0 Å². The molecule has 0 spiro atoms. The van der Waals surface area contributed by atoms with Crippen LogP contribution in [0, 0.1) is 0 Å². The topological polar surface area (TPSA) is 108 Å². The molecule has 0 fully saturated rings. The minimum absolute atomic E-state index is 0.0133. The van der Waals surface area contributed by atoms with Crippen LogP contribution in [-0.2, 0) is 23.1 Å². The van der Waals surface area contributed by atoms with E-state index in [2.05, 4.69) is 16.0 Å². The van der Waals surface area contributed by atoms with E-state index < -0.39 is 7.82 Å². The summed E-state index contributed by atoms with van der Waals surface area (Å²) in [6.45, 7) is 2.31. The molecule has 0 rings (SSSR count). The molecule has 0 saturated carbocycles. The molecule has 0 heterocycles. The van der Waals surface area contributed by atoms with E-state index in [4.69, 9.17) is 15.4 Å². The largest absolute Gasteiger partial charge is 0.472 e. The lowest BCUT2D eigenvalue weighted by atomic mass is 10.2. The lowest BCUT2D eigenvalue weighted by Gasteiger charge is -2.11. The molecule has 0 amide bonds. The normalized spacial score (nSPS) is 14.1. The second-order valence-electron chi connectivity index (χ2n) is 3.95. The SMILES string of the molecule is CCCCCC(=O)OCCCOP(=O)(O)OCCN. The summed E-state index contributed by atoms with van der Waals surface area (Å²) in [5, 5.41) is 0. The minimum Gasteiger partial charge on any atom is -0.466 e. The first-order chi connectivity index (χ1) is 9.02. The highest BCUT2D eigenvalue weighted by atomic mass is 31.2. The van der Waals surface area contributed by atoms with Crippen molar-refractivity contribution in [2.75, 3.05) is 26.4 Å². The van der Waals surface area contributed by atoms with E-state index in [0.29, 0.717) is 12.8 Å². The Balaban J connectivity index is 3.48. The molecule has 0 radical (unpaired) electrons. The Bertz CT molecular complexity index is 286. The van der Waals surface area contributed by atoms with Gasteiger partial charge < -0.3 is 15.4 Å². The van der Waals surface area contributed by atoms with Crippen molar-refractivity contribution >= 4 is 13.8 Å². The van der Waals surface area contributed by atoms with Crippen molar-refractivity contribution in [2.45, 2.75) is 39.0 Å². The van der Waals surface area contributed by atoms with Crippen molar-refractivity contribution in [3.63, 3.8) is 0 Å². The van der Waals surface area contributed by atoms with E-state index in [-0.39, 0.29) is 32.3 Å². The van der Waals surface area contributed by atoms with Crippen LogP contribution < -0.4 is 5.73 Å². The lowest BCUT2D eigenvalue weighted by Crippen LogP contribution is -2.10. The van der Waals surface area contributed by atoms with Gasteiger partial charge in [-0.25, -0.2) is 4.57 Å². The molecule has 114 valence electrons. The van der Waals surface area contributed by atoms with Crippen molar-refractivity contribution in [1.29, 1.82) is 0 Å². The summed E-state index contributed by atoms with van der Waals surface area (Å²) in [5.74, 6) is -0.250. The van der Waals surface area contributed by atoms with Crippen molar-refractivity contribution in [3.8, 4) is 0 Å². The van der Waals surface area contributed by atoms with Crippen LogP contribution in [0.2, 0.25) is 0 Å². The number of nitrogens with two attached hydrogens (primary N) is 1. The van der Waals surface area contributed by atoms with Crippen LogP contribution >= 0.6 is 7.82 Å². The number of ether oxygens (including phenoxy) is 1. The summed E-state index contributed by atoms with van der Waals surface area (Å²) in [5.41, 5.74) is 5.13. The maximum atomic E-state index is 11.2. The smallest absolute Gasteiger partial charge is 0.466 e. The zero-order valence-corrected chi connectivity index (χ0v) is 12.3. The van der Waals surface area contributed by atoms with E-state index in [9.17, 15) is 9.36 Å². The summed E-state index contributed by atoms with van der Waals surface area (Å²) < 4.78 is 25.3. The van der Waals surface area contributed by atoms with Gasteiger partial charge in [-0.2, -0.15) is 0 Å². The Labute approximate surface area is 114 Å². The Kier molecular flexibility index (Phi) is 11.1. The van der Waals surface area contributed by atoms with Crippen LogP contribution in [0.5, 0.6) is 0 Å². The van der Waals surface area contributed by atoms with E-state index in [0.717, 1.165) is 19.3 Å². The van der Waals surface area contributed by atoms with E-state index in [1.165, 1.54) is 0 Å². The molecule has 0 bridgehead atoms. The Morgan fingerprint density at radius 3 is 2.47 bits per heavy atom. The van der Waals surface area contributed by atoms with Crippen molar-refractivity contribution in [3.05, 3.63) is 0 Å². The van der Waals surface area contributed by atoms with Gasteiger partial charge in [0, 0.05) is 19.4 Å². The number of unbranched alkanes of at least 4 members (excludes halogenated alkanes) is 2. The number of hydrogen-bond acceptors (Lipinski definition) is 6. The van der Waals surface area contributed by atoms with Crippen LogP contribution in [0.15, 0.2) is 0 Å². The average Bonchev–Trinajstić information content (AvgIpc) is 2.36. The maximum absolute atomic E-state index is 11.2. The summed E-state index contributed by atoms with van der Waals surface area (Å²) >= 11 is 0. The molecule has 0 aliphatic carbocycles. The molecule has 0 aliphatic rings.